The summed E-state index contributed by atoms with van der Waals surface area (Å²) in [6.07, 6.45) is 5.65. The van der Waals surface area contributed by atoms with Gasteiger partial charge in [-0.15, -0.1) is 0 Å². The van der Waals surface area contributed by atoms with Crippen molar-refractivity contribution in [1.82, 2.24) is 9.80 Å². The fraction of sp³-hybridized carbons (Fsp3) is 0.381. The zero-order valence-electron chi connectivity index (χ0n) is 28.7. The first kappa shape index (κ1) is 36.0. The highest BCUT2D eigenvalue weighted by atomic mass is 19.1. The second-order valence-corrected chi connectivity index (χ2v) is 13.9. The summed E-state index contributed by atoms with van der Waals surface area (Å²) >= 11 is 0. The molecular weight excluding hydrogens is 650 g/mol. The van der Waals surface area contributed by atoms with E-state index in [-0.39, 0.29) is 53.0 Å². The van der Waals surface area contributed by atoms with Crippen LogP contribution in [0.4, 0.5) is 8.78 Å². The molecule has 2 N–H and O–H groups in total. The van der Waals surface area contributed by atoms with E-state index in [9.17, 15) is 18.4 Å². The molecule has 2 saturated carbocycles. The largest absolute Gasteiger partial charge is 0.490 e. The maximum Gasteiger partial charge on any atom is 0.225 e. The van der Waals surface area contributed by atoms with E-state index >= 15 is 0 Å². The summed E-state index contributed by atoms with van der Waals surface area (Å²) in [6.45, 7) is 2.82. The average molecular weight is 697 g/mol. The topological polar surface area (TPSA) is 90.6 Å². The molecule has 2 amide bonds. The van der Waals surface area contributed by atoms with Gasteiger partial charge in [0.05, 0.1) is 0 Å². The molecule has 4 unspecified atom stereocenters. The lowest BCUT2D eigenvalue weighted by molar-refractivity contribution is -0.135. The zero-order chi connectivity index (χ0) is 34.5. The van der Waals surface area contributed by atoms with Gasteiger partial charge >= 0.3 is 0 Å². The highest BCUT2D eigenvalue weighted by Crippen LogP contribution is 2.37. The van der Waals surface area contributed by atoms with E-state index in [2.05, 4.69) is 24.3 Å². The fourth-order valence-electron chi connectivity index (χ4n) is 7.14. The molecule has 9 heteroatoms. The van der Waals surface area contributed by atoms with Gasteiger partial charge in [-0.05, 0) is 85.3 Å². The number of nitrogens with zero attached hydrogens (tertiary/aromatic N) is 2. The molecule has 2 heterocycles. The molecule has 7 nitrogen and oxygen atoms in total. The van der Waals surface area contributed by atoms with Crippen LogP contribution in [0.3, 0.4) is 0 Å². The van der Waals surface area contributed by atoms with Crippen LogP contribution in [0.1, 0.15) is 61.5 Å². The van der Waals surface area contributed by atoms with E-state index in [1.807, 2.05) is 46.2 Å². The lowest BCUT2D eigenvalue weighted by atomic mass is 9.87. The van der Waals surface area contributed by atoms with E-state index in [1.54, 1.807) is 24.3 Å². The van der Waals surface area contributed by atoms with E-state index in [4.69, 9.17) is 9.47 Å². The second-order valence-electron chi connectivity index (χ2n) is 13.9. The monoisotopic (exact) mass is 696 g/mol. The molecule has 8 rings (SSSR count). The SMILES string of the molecule is O.O=C(C1CC1)N1CCC(Oc2ccc(F)cc2)C(c2ccccc2)C1.O=C(C1CC1)N1CCC(Oc2ccc(F)cc2)C(c2ccccc2)C1. The Hall–Kier alpha value is -4.76. The van der Waals surface area contributed by atoms with Gasteiger partial charge in [-0.2, -0.15) is 0 Å². The summed E-state index contributed by atoms with van der Waals surface area (Å²) in [5.74, 6) is 2.14. The highest BCUT2D eigenvalue weighted by molar-refractivity contribution is 5.81. The summed E-state index contributed by atoms with van der Waals surface area (Å²) in [5.41, 5.74) is 2.37. The molecule has 0 bridgehead atoms. The predicted molar refractivity (Wildman–Crippen MR) is 191 cm³/mol. The Kier molecular flexibility index (Phi) is 11.7. The highest BCUT2D eigenvalue weighted by Gasteiger charge is 2.40. The summed E-state index contributed by atoms with van der Waals surface area (Å²) < 4.78 is 38.6. The Morgan fingerprint density at radius 2 is 0.863 bits per heavy atom. The molecule has 2 aliphatic heterocycles. The molecule has 4 fully saturated rings. The van der Waals surface area contributed by atoms with E-state index < -0.39 is 0 Å². The van der Waals surface area contributed by atoms with Crippen LogP contribution in [-0.4, -0.2) is 65.5 Å². The molecule has 4 aliphatic rings. The first-order valence-electron chi connectivity index (χ1n) is 17.9. The normalized spacial score (nSPS) is 22.9. The van der Waals surface area contributed by atoms with Crippen LogP contribution in [0.2, 0.25) is 0 Å². The van der Waals surface area contributed by atoms with Gasteiger partial charge in [0, 0.05) is 62.7 Å². The van der Waals surface area contributed by atoms with Crippen LogP contribution < -0.4 is 9.47 Å². The molecule has 2 saturated heterocycles. The number of carbonyl (C=O) groups is 2. The lowest BCUT2D eigenvalue weighted by Crippen LogP contribution is -2.47. The lowest BCUT2D eigenvalue weighted by Gasteiger charge is -2.39. The van der Waals surface area contributed by atoms with Gasteiger partial charge in [-0.1, -0.05) is 60.7 Å². The number of halogens is 2. The van der Waals surface area contributed by atoms with E-state index in [0.29, 0.717) is 36.4 Å². The van der Waals surface area contributed by atoms with Crippen LogP contribution in [-0.2, 0) is 9.59 Å². The standard InChI is InChI=1S/2C21H22FNO2.H2O/c2*22-17-8-10-18(11-9-17)25-20-12-13-23(21(24)16-6-7-16)14-19(20)15-4-2-1-3-5-15;/h2*1-5,8-11,16,19-20H,6-7,12-14H2;1H2. The zero-order valence-corrected chi connectivity index (χ0v) is 28.7. The minimum absolute atomic E-state index is 0. The van der Waals surface area contributed by atoms with Crippen LogP contribution in [0.5, 0.6) is 11.5 Å². The number of hydrogen-bond acceptors (Lipinski definition) is 4. The molecule has 0 spiro atoms. The van der Waals surface area contributed by atoms with Gasteiger partial charge < -0.3 is 24.7 Å². The molecule has 0 radical (unpaired) electrons. The van der Waals surface area contributed by atoms with Gasteiger partial charge in [-0.25, -0.2) is 8.78 Å². The molecule has 51 heavy (non-hydrogen) atoms. The van der Waals surface area contributed by atoms with Crippen molar-refractivity contribution in [3.63, 3.8) is 0 Å². The Morgan fingerprint density at radius 3 is 1.20 bits per heavy atom. The maximum atomic E-state index is 13.1. The second kappa shape index (κ2) is 16.5. The van der Waals surface area contributed by atoms with Crippen LogP contribution in [0.15, 0.2) is 109 Å². The smallest absolute Gasteiger partial charge is 0.225 e. The van der Waals surface area contributed by atoms with Gasteiger partial charge in [0.15, 0.2) is 0 Å². The minimum atomic E-state index is -0.267. The van der Waals surface area contributed by atoms with Crippen molar-refractivity contribution in [3.05, 3.63) is 132 Å². The van der Waals surface area contributed by atoms with Crippen molar-refractivity contribution in [3.8, 4) is 11.5 Å². The number of rotatable bonds is 8. The fourth-order valence-corrected chi connectivity index (χ4v) is 7.14. The van der Waals surface area contributed by atoms with Crippen LogP contribution in [0.25, 0.3) is 0 Å². The number of piperidine rings is 2. The number of benzene rings is 4. The van der Waals surface area contributed by atoms with Crippen molar-refractivity contribution < 1.29 is 33.3 Å². The van der Waals surface area contributed by atoms with Gasteiger partial charge in [0.1, 0.15) is 35.3 Å². The first-order valence-corrected chi connectivity index (χ1v) is 17.9. The molecule has 4 aromatic rings. The Bertz CT molecular complexity index is 1590. The quantitative estimate of drug-likeness (QED) is 0.195. The summed E-state index contributed by atoms with van der Waals surface area (Å²) in [6, 6.07) is 32.8. The molecular formula is C42H46F2N2O5. The van der Waals surface area contributed by atoms with Gasteiger partial charge in [-0.3, -0.25) is 9.59 Å². The molecule has 4 aromatic carbocycles. The van der Waals surface area contributed by atoms with Crippen LogP contribution >= 0.6 is 0 Å². The van der Waals surface area contributed by atoms with Crippen molar-refractivity contribution in [2.24, 2.45) is 11.8 Å². The maximum absolute atomic E-state index is 13.1. The van der Waals surface area contributed by atoms with Crippen LogP contribution in [0, 0.1) is 23.5 Å². The number of carbonyl (C=O) groups excluding carboxylic acids is 2. The van der Waals surface area contributed by atoms with Crippen molar-refractivity contribution in [1.29, 1.82) is 0 Å². The number of ether oxygens (including phenoxy) is 2. The number of amides is 2. The summed E-state index contributed by atoms with van der Waals surface area (Å²) in [5, 5.41) is 0. The third kappa shape index (κ3) is 9.33. The summed E-state index contributed by atoms with van der Waals surface area (Å²) in [7, 11) is 0. The third-order valence-electron chi connectivity index (χ3n) is 10.2. The first-order chi connectivity index (χ1) is 24.4. The van der Waals surface area contributed by atoms with Crippen molar-refractivity contribution >= 4 is 11.8 Å². The molecule has 268 valence electrons. The van der Waals surface area contributed by atoms with Crippen molar-refractivity contribution in [2.45, 2.75) is 62.6 Å². The third-order valence-corrected chi connectivity index (χ3v) is 10.2. The van der Waals surface area contributed by atoms with Gasteiger partial charge in [0.25, 0.3) is 0 Å². The molecule has 2 aliphatic carbocycles. The van der Waals surface area contributed by atoms with Gasteiger partial charge in [0.2, 0.25) is 11.8 Å². The predicted octanol–water partition coefficient (Wildman–Crippen LogP) is 7.17. The minimum Gasteiger partial charge on any atom is -0.490 e. The average Bonchev–Trinajstić information content (AvgIpc) is 4.09. The van der Waals surface area contributed by atoms with E-state index in [1.165, 1.54) is 35.4 Å². The molecule has 4 atom stereocenters. The Labute approximate surface area is 298 Å². The number of hydrogen-bond donors (Lipinski definition) is 0. The Morgan fingerprint density at radius 1 is 0.510 bits per heavy atom. The molecule has 0 aromatic heterocycles. The van der Waals surface area contributed by atoms with Crippen molar-refractivity contribution in [2.75, 3.05) is 26.2 Å². The number of likely N-dealkylation sites (tertiary alicyclic amines) is 2. The summed E-state index contributed by atoms with van der Waals surface area (Å²) in [4.78, 5) is 29.0. The van der Waals surface area contributed by atoms with E-state index in [0.717, 1.165) is 51.6 Å². The Balaban J connectivity index is 0.000000172.